The summed E-state index contributed by atoms with van der Waals surface area (Å²) in [6.45, 7) is 0. The maximum absolute atomic E-state index is 13.4. The molecule has 0 spiro atoms. The highest BCUT2D eigenvalue weighted by Crippen LogP contribution is 2.64. The molecule has 0 rings (SSSR count). The third-order valence-electron chi connectivity index (χ3n) is 3.73. The first-order valence-corrected chi connectivity index (χ1v) is 8.93. The fraction of sp³-hybridized carbons (Fsp3) is 1.00. The minimum atomic E-state index is -9.13. The van der Waals surface area contributed by atoms with Gasteiger partial charge in [-0.2, -0.15) is 109 Å². The molecule has 0 aromatic heterocycles. The summed E-state index contributed by atoms with van der Waals surface area (Å²) < 4.78 is 304. The van der Waals surface area contributed by atoms with Crippen molar-refractivity contribution in [2.45, 2.75) is 65.7 Å². The molecule has 0 heterocycles. The highest BCUT2D eigenvalue weighted by Gasteiger charge is 2.95. The molecule has 0 aromatic carbocycles. The summed E-state index contributed by atoms with van der Waals surface area (Å²) in [5.41, 5.74) is -6.98. The SMILES string of the molecule is O=S(=O)(OC(F)(F)CC(F)(F)C(F)(F)C(F)(F)C(F)(F)C(F)(F)C(F)(F)C(F)(F)C(F)(F)F)C(F)(F)F. The second-order valence-corrected chi connectivity index (χ2v) is 7.98. The Morgan fingerprint density at radius 1 is 0.432 bits per heavy atom. The number of hydrogen-bond acceptors (Lipinski definition) is 3. The van der Waals surface area contributed by atoms with Crippen LogP contribution in [0.15, 0.2) is 0 Å². The van der Waals surface area contributed by atoms with Crippen LogP contribution in [0.1, 0.15) is 6.42 Å². The molecule has 3 nitrogen and oxygen atoms in total. The first-order chi connectivity index (χ1) is 15.4. The first-order valence-electron chi connectivity index (χ1n) is 7.52. The number of halogens is 22. The highest BCUT2D eigenvalue weighted by atomic mass is 32.2. The average Bonchev–Trinajstić information content (AvgIpc) is 2.56. The van der Waals surface area contributed by atoms with E-state index in [0.29, 0.717) is 0 Å². The lowest BCUT2D eigenvalue weighted by atomic mass is 9.88. The van der Waals surface area contributed by atoms with E-state index in [1.165, 1.54) is 0 Å². The molecule has 0 saturated carbocycles. The largest absolute Gasteiger partial charge is 0.523 e. The van der Waals surface area contributed by atoms with Gasteiger partial charge in [-0.15, -0.1) is 0 Å². The van der Waals surface area contributed by atoms with Gasteiger partial charge in [0.15, 0.2) is 0 Å². The minimum Gasteiger partial charge on any atom is -0.199 e. The van der Waals surface area contributed by atoms with Crippen LogP contribution in [0.4, 0.5) is 96.6 Å². The second kappa shape index (κ2) is 8.69. The van der Waals surface area contributed by atoms with Crippen LogP contribution in [-0.2, 0) is 14.3 Å². The molecular weight excluding hydrogens is 630 g/mol. The van der Waals surface area contributed by atoms with E-state index in [1.807, 2.05) is 0 Å². The molecule has 37 heavy (non-hydrogen) atoms. The van der Waals surface area contributed by atoms with Gasteiger partial charge in [0.1, 0.15) is 6.42 Å². The van der Waals surface area contributed by atoms with Crippen molar-refractivity contribution in [2.24, 2.45) is 0 Å². The molecule has 0 N–H and O–H groups in total. The maximum atomic E-state index is 13.4. The van der Waals surface area contributed by atoms with Crippen molar-refractivity contribution < 1.29 is 109 Å². The summed E-state index contributed by atoms with van der Waals surface area (Å²) in [5.74, 6) is -61.1. The van der Waals surface area contributed by atoms with Gasteiger partial charge in [0, 0.05) is 0 Å². The van der Waals surface area contributed by atoms with E-state index in [1.54, 1.807) is 4.18 Å². The van der Waals surface area contributed by atoms with Crippen molar-refractivity contribution in [3.05, 3.63) is 0 Å². The van der Waals surface area contributed by atoms with E-state index in [0.717, 1.165) is 0 Å². The molecule has 0 fully saturated rings. The van der Waals surface area contributed by atoms with Crippen LogP contribution in [0.3, 0.4) is 0 Å². The molecule has 0 bridgehead atoms. The Kier molecular flexibility index (Phi) is 8.31. The van der Waals surface area contributed by atoms with Crippen molar-refractivity contribution in [3.8, 4) is 0 Å². The van der Waals surface area contributed by atoms with Crippen molar-refractivity contribution in [3.63, 3.8) is 0 Å². The normalized spacial score (nSPS) is 16.8. The Morgan fingerprint density at radius 3 is 0.973 bits per heavy atom. The topological polar surface area (TPSA) is 43.4 Å². The second-order valence-electron chi connectivity index (χ2n) is 6.45. The zero-order valence-electron chi connectivity index (χ0n) is 15.7. The van der Waals surface area contributed by atoms with Gasteiger partial charge >= 0.3 is 69.4 Å². The third kappa shape index (κ3) is 5.31. The molecule has 0 radical (unpaired) electrons. The zero-order chi connectivity index (χ0) is 30.9. The predicted octanol–water partition coefficient (Wildman–Crippen LogP) is 6.84. The van der Waals surface area contributed by atoms with Crippen molar-refractivity contribution in [2.75, 3.05) is 0 Å². The van der Waals surface area contributed by atoms with Crippen LogP contribution in [0, 0.1) is 0 Å². The van der Waals surface area contributed by atoms with E-state index in [-0.39, 0.29) is 0 Å². The van der Waals surface area contributed by atoms with Gasteiger partial charge in [0.25, 0.3) is 0 Å². The fourth-order valence-electron chi connectivity index (χ4n) is 1.80. The van der Waals surface area contributed by atoms with Gasteiger partial charge in [-0.3, -0.25) is 0 Å². The van der Waals surface area contributed by atoms with Crippen LogP contribution >= 0.6 is 0 Å². The van der Waals surface area contributed by atoms with Crippen molar-refractivity contribution >= 4 is 10.1 Å². The third-order valence-corrected chi connectivity index (χ3v) is 4.76. The van der Waals surface area contributed by atoms with E-state index < -0.39 is 75.8 Å². The van der Waals surface area contributed by atoms with E-state index in [9.17, 15) is 105 Å². The lowest BCUT2D eigenvalue weighted by molar-refractivity contribution is -0.463. The summed E-state index contributed by atoms with van der Waals surface area (Å²) in [6, 6.07) is 0. The van der Waals surface area contributed by atoms with Gasteiger partial charge in [-0.1, -0.05) is 0 Å². The van der Waals surface area contributed by atoms with E-state index >= 15 is 0 Å². The van der Waals surface area contributed by atoms with Crippen LogP contribution in [0.2, 0.25) is 0 Å². The standard InChI is InChI=1S/C11H2F22O3S/c12-2(13,1-3(14,15)36-37(34,35)11(31,32)33)4(16,17)5(18,19)6(20,21)7(22,23)8(24,25)9(26,27)10(28,29)30/h1H2. The van der Waals surface area contributed by atoms with Gasteiger partial charge in [0.2, 0.25) is 0 Å². The molecule has 26 heteroatoms. The molecule has 0 aromatic rings. The molecule has 0 aliphatic heterocycles. The molecule has 0 atom stereocenters. The summed E-state index contributed by atoms with van der Waals surface area (Å²) in [4.78, 5) is 0. The van der Waals surface area contributed by atoms with Crippen LogP contribution in [0.25, 0.3) is 0 Å². The first kappa shape index (κ1) is 35.4. The van der Waals surface area contributed by atoms with E-state index in [4.69, 9.17) is 0 Å². The molecular formula is C11H2F22O3S. The zero-order valence-corrected chi connectivity index (χ0v) is 16.5. The molecule has 0 amide bonds. The Morgan fingerprint density at radius 2 is 0.703 bits per heavy atom. The summed E-state index contributed by atoms with van der Waals surface area (Å²) in [7, 11) is -7.78. The Hall–Kier alpha value is -1.63. The lowest BCUT2D eigenvalue weighted by Crippen LogP contribution is -2.74. The van der Waals surface area contributed by atoms with Gasteiger partial charge < -0.3 is 0 Å². The summed E-state index contributed by atoms with van der Waals surface area (Å²) >= 11 is 0. The van der Waals surface area contributed by atoms with Crippen LogP contribution < -0.4 is 0 Å². The number of hydrogen-bond donors (Lipinski definition) is 0. The van der Waals surface area contributed by atoms with Gasteiger partial charge in [-0.05, 0) is 0 Å². The van der Waals surface area contributed by atoms with Crippen LogP contribution in [-0.4, -0.2) is 67.7 Å². The number of rotatable bonds is 10. The summed E-state index contributed by atoms with van der Waals surface area (Å²) in [6.07, 6.45) is -19.8. The van der Waals surface area contributed by atoms with Crippen LogP contribution in [0.5, 0.6) is 0 Å². The quantitative estimate of drug-likeness (QED) is 0.151. The maximum Gasteiger partial charge on any atom is 0.523 e. The molecule has 0 aliphatic carbocycles. The Labute approximate surface area is 186 Å². The van der Waals surface area contributed by atoms with Crippen molar-refractivity contribution in [1.82, 2.24) is 0 Å². The average molecular weight is 632 g/mol. The van der Waals surface area contributed by atoms with Gasteiger partial charge in [-0.25, -0.2) is 0 Å². The number of alkyl halides is 22. The Balaban J connectivity index is 6.73. The lowest BCUT2D eigenvalue weighted by Gasteiger charge is -2.43. The Bertz CT molecular complexity index is 940. The van der Waals surface area contributed by atoms with Crippen molar-refractivity contribution in [1.29, 1.82) is 0 Å². The smallest absolute Gasteiger partial charge is 0.199 e. The monoisotopic (exact) mass is 632 g/mol. The molecule has 0 aliphatic rings. The minimum absolute atomic E-state index is 1.70. The van der Waals surface area contributed by atoms with Gasteiger partial charge in [0.05, 0.1) is 0 Å². The molecule has 0 unspecified atom stereocenters. The molecule has 224 valence electrons. The molecule has 0 saturated heterocycles. The highest BCUT2D eigenvalue weighted by molar-refractivity contribution is 7.87. The van der Waals surface area contributed by atoms with E-state index in [2.05, 4.69) is 0 Å². The predicted molar refractivity (Wildman–Crippen MR) is 66.3 cm³/mol. The summed E-state index contributed by atoms with van der Waals surface area (Å²) in [5, 5.41) is 0. The fourth-order valence-corrected chi connectivity index (χ4v) is 2.28.